The summed E-state index contributed by atoms with van der Waals surface area (Å²) in [5.74, 6) is -2.56. The maximum Gasteiger partial charge on any atom is 0.361 e. The Balaban J connectivity index is 2.39. The van der Waals surface area contributed by atoms with Crippen LogP contribution in [0.25, 0.3) is 11.3 Å². The van der Waals surface area contributed by atoms with E-state index in [1.54, 1.807) is 6.92 Å². The summed E-state index contributed by atoms with van der Waals surface area (Å²) in [5, 5.41) is 9.81. The summed E-state index contributed by atoms with van der Waals surface area (Å²) in [7, 11) is 0. The molecule has 2 aromatic rings. The van der Waals surface area contributed by atoms with E-state index in [0.717, 1.165) is 31.4 Å². The zero-order valence-electron chi connectivity index (χ0n) is 13.6. The fourth-order valence-electron chi connectivity index (χ4n) is 2.17. The van der Waals surface area contributed by atoms with Gasteiger partial charge >= 0.3 is 5.97 Å². The monoisotopic (exact) mass is 339 g/mol. The molecule has 24 heavy (non-hydrogen) atoms. The standard InChI is InChI=1S/C16H19F2N3O3/c1-3-5-6-7-24-15-11(8-10(17)9-12(15)18)13-14(20-21-19-13)16(22)23-4-2/h8-9H,3-7H2,1-2H3,(H,19,20,21). The molecular formula is C16H19F2N3O3. The molecule has 1 aromatic heterocycles. The van der Waals surface area contributed by atoms with Gasteiger partial charge in [0.05, 0.1) is 18.8 Å². The zero-order valence-corrected chi connectivity index (χ0v) is 13.6. The van der Waals surface area contributed by atoms with Crippen LogP contribution >= 0.6 is 0 Å². The van der Waals surface area contributed by atoms with E-state index < -0.39 is 17.6 Å². The second kappa shape index (κ2) is 8.37. The number of aromatic amines is 1. The van der Waals surface area contributed by atoms with E-state index in [1.165, 1.54) is 0 Å². The average molecular weight is 339 g/mol. The van der Waals surface area contributed by atoms with Crippen molar-refractivity contribution in [3.63, 3.8) is 0 Å². The fourth-order valence-corrected chi connectivity index (χ4v) is 2.17. The third-order valence-corrected chi connectivity index (χ3v) is 3.27. The lowest BCUT2D eigenvalue weighted by atomic mass is 10.1. The molecular weight excluding hydrogens is 320 g/mol. The van der Waals surface area contributed by atoms with Gasteiger partial charge in [-0.05, 0) is 19.4 Å². The van der Waals surface area contributed by atoms with E-state index in [-0.39, 0.29) is 35.9 Å². The Morgan fingerprint density at radius 1 is 1.21 bits per heavy atom. The van der Waals surface area contributed by atoms with Crippen molar-refractivity contribution >= 4 is 5.97 Å². The number of nitrogens with zero attached hydrogens (tertiary/aromatic N) is 2. The van der Waals surface area contributed by atoms with Gasteiger partial charge in [0.1, 0.15) is 11.5 Å². The third kappa shape index (κ3) is 4.06. The number of aromatic nitrogens is 3. The molecule has 1 heterocycles. The molecule has 6 nitrogen and oxygen atoms in total. The number of hydrogen-bond acceptors (Lipinski definition) is 5. The van der Waals surface area contributed by atoms with Crippen molar-refractivity contribution in [1.29, 1.82) is 0 Å². The number of hydrogen-bond donors (Lipinski definition) is 1. The van der Waals surface area contributed by atoms with Gasteiger partial charge in [0, 0.05) is 6.07 Å². The Morgan fingerprint density at radius 3 is 2.71 bits per heavy atom. The van der Waals surface area contributed by atoms with E-state index in [2.05, 4.69) is 15.4 Å². The lowest BCUT2D eigenvalue weighted by Gasteiger charge is -2.12. The van der Waals surface area contributed by atoms with Crippen LogP contribution in [-0.4, -0.2) is 34.6 Å². The minimum absolute atomic E-state index is 0.0146. The Morgan fingerprint density at radius 2 is 2.00 bits per heavy atom. The van der Waals surface area contributed by atoms with E-state index in [1.807, 2.05) is 6.92 Å². The highest BCUT2D eigenvalue weighted by Crippen LogP contribution is 2.34. The number of nitrogens with one attached hydrogen (secondary N) is 1. The molecule has 0 aliphatic rings. The SMILES string of the molecule is CCCCCOc1c(F)cc(F)cc1-c1n[nH]nc1C(=O)OCC. The van der Waals surface area contributed by atoms with Crippen molar-refractivity contribution in [2.45, 2.75) is 33.1 Å². The molecule has 0 aliphatic heterocycles. The van der Waals surface area contributed by atoms with Crippen molar-refractivity contribution in [2.75, 3.05) is 13.2 Å². The number of ether oxygens (including phenoxy) is 2. The van der Waals surface area contributed by atoms with E-state index in [9.17, 15) is 13.6 Å². The Hall–Kier alpha value is -2.51. The predicted octanol–water partition coefficient (Wildman–Crippen LogP) is 3.50. The van der Waals surface area contributed by atoms with E-state index >= 15 is 0 Å². The zero-order chi connectivity index (χ0) is 17.5. The molecule has 0 saturated heterocycles. The van der Waals surface area contributed by atoms with Crippen LogP contribution in [0.3, 0.4) is 0 Å². The Kier molecular flexibility index (Phi) is 6.22. The molecule has 0 aliphatic carbocycles. The molecule has 0 fully saturated rings. The van der Waals surface area contributed by atoms with Crippen LogP contribution in [0.15, 0.2) is 12.1 Å². The van der Waals surface area contributed by atoms with Crippen LogP contribution < -0.4 is 4.74 Å². The second-order valence-electron chi connectivity index (χ2n) is 5.06. The van der Waals surface area contributed by atoms with Crippen molar-refractivity contribution < 1.29 is 23.0 Å². The van der Waals surface area contributed by atoms with Crippen molar-refractivity contribution in [3.05, 3.63) is 29.5 Å². The summed E-state index contributed by atoms with van der Waals surface area (Å²) in [6.07, 6.45) is 2.64. The molecule has 1 aromatic carbocycles. The van der Waals surface area contributed by atoms with Gasteiger partial charge in [0.25, 0.3) is 0 Å². The highest BCUT2D eigenvalue weighted by molar-refractivity contribution is 5.94. The van der Waals surface area contributed by atoms with Crippen molar-refractivity contribution in [1.82, 2.24) is 15.4 Å². The number of benzene rings is 1. The molecule has 0 bridgehead atoms. The smallest absolute Gasteiger partial charge is 0.361 e. The first-order chi connectivity index (χ1) is 11.6. The maximum atomic E-state index is 14.2. The van der Waals surface area contributed by atoms with Gasteiger partial charge in [-0.3, -0.25) is 0 Å². The maximum absolute atomic E-state index is 14.2. The predicted molar refractivity (Wildman–Crippen MR) is 82.7 cm³/mol. The number of unbranched alkanes of at least 4 members (excludes halogenated alkanes) is 2. The van der Waals surface area contributed by atoms with Crippen molar-refractivity contribution in [3.8, 4) is 17.0 Å². The summed E-state index contributed by atoms with van der Waals surface area (Å²) in [6, 6.07) is 1.78. The van der Waals surface area contributed by atoms with Gasteiger partial charge in [-0.1, -0.05) is 19.8 Å². The summed E-state index contributed by atoms with van der Waals surface area (Å²) in [4.78, 5) is 11.9. The fraction of sp³-hybridized carbons (Fsp3) is 0.438. The second-order valence-corrected chi connectivity index (χ2v) is 5.06. The third-order valence-electron chi connectivity index (χ3n) is 3.27. The van der Waals surface area contributed by atoms with Gasteiger partial charge < -0.3 is 9.47 Å². The van der Waals surface area contributed by atoms with Crippen LogP contribution in [0.1, 0.15) is 43.6 Å². The number of esters is 1. The quantitative estimate of drug-likeness (QED) is 0.588. The van der Waals surface area contributed by atoms with Crippen molar-refractivity contribution in [2.24, 2.45) is 0 Å². The molecule has 0 amide bonds. The number of carbonyl (C=O) groups excluding carboxylic acids is 1. The Bertz CT molecular complexity index is 704. The minimum atomic E-state index is -0.862. The van der Waals surface area contributed by atoms with E-state index in [4.69, 9.17) is 9.47 Å². The lowest BCUT2D eigenvalue weighted by molar-refractivity contribution is 0.0520. The van der Waals surface area contributed by atoms with Crippen LogP contribution in [0.4, 0.5) is 8.78 Å². The first-order valence-electron chi connectivity index (χ1n) is 7.78. The molecule has 1 N–H and O–H groups in total. The largest absolute Gasteiger partial charge is 0.490 e. The molecule has 0 radical (unpaired) electrons. The first-order valence-corrected chi connectivity index (χ1v) is 7.78. The lowest BCUT2D eigenvalue weighted by Crippen LogP contribution is -2.08. The molecule has 8 heteroatoms. The summed E-state index contributed by atoms with van der Waals surface area (Å²) >= 11 is 0. The van der Waals surface area contributed by atoms with Crippen LogP contribution in [0.2, 0.25) is 0 Å². The highest BCUT2D eigenvalue weighted by atomic mass is 19.1. The van der Waals surface area contributed by atoms with Crippen LogP contribution in [-0.2, 0) is 4.74 Å². The molecule has 2 rings (SSSR count). The normalized spacial score (nSPS) is 10.7. The Labute approximate surface area is 138 Å². The highest BCUT2D eigenvalue weighted by Gasteiger charge is 2.24. The van der Waals surface area contributed by atoms with Gasteiger partial charge in [-0.25, -0.2) is 13.6 Å². The van der Waals surface area contributed by atoms with Crippen LogP contribution in [0, 0.1) is 11.6 Å². The first kappa shape index (κ1) is 17.8. The van der Waals surface area contributed by atoms with Gasteiger partial charge in [-0.2, -0.15) is 10.3 Å². The van der Waals surface area contributed by atoms with Gasteiger partial charge in [0.2, 0.25) is 0 Å². The number of carbonyl (C=O) groups is 1. The topological polar surface area (TPSA) is 77.1 Å². The number of H-pyrrole nitrogens is 1. The summed E-state index contributed by atoms with van der Waals surface area (Å²) < 4.78 is 38.1. The van der Waals surface area contributed by atoms with Crippen LogP contribution in [0.5, 0.6) is 5.75 Å². The summed E-state index contributed by atoms with van der Waals surface area (Å²) in [5.41, 5.74) is -0.154. The molecule has 0 saturated carbocycles. The van der Waals surface area contributed by atoms with Gasteiger partial charge in [0.15, 0.2) is 17.3 Å². The van der Waals surface area contributed by atoms with Gasteiger partial charge in [-0.15, -0.1) is 5.10 Å². The number of halogens is 2. The molecule has 130 valence electrons. The molecule has 0 spiro atoms. The summed E-state index contributed by atoms with van der Waals surface area (Å²) in [6.45, 7) is 4.09. The number of rotatable bonds is 8. The molecule has 0 unspecified atom stereocenters. The minimum Gasteiger partial charge on any atom is -0.490 e. The van der Waals surface area contributed by atoms with E-state index in [0.29, 0.717) is 0 Å². The average Bonchev–Trinajstić information content (AvgIpc) is 3.02. The molecule has 0 atom stereocenters.